The zero-order valence-electron chi connectivity index (χ0n) is 11.0. The molecule has 0 bridgehead atoms. The van der Waals surface area contributed by atoms with Gasteiger partial charge in [-0.3, -0.25) is 5.32 Å². The van der Waals surface area contributed by atoms with Crippen LogP contribution in [-0.2, 0) is 6.18 Å². The lowest BCUT2D eigenvalue weighted by molar-refractivity contribution is -0.138. The zero-order valence-corrected chi connectivity index (χ0v) is 11.8. The fraction of sp³-hybridized carbons (Fsp3) is 0.727. The number of hydrogen-bond acceptors (Lipinski definition) is 5. The Morgan fingerprint density at radius 2 is 1.95 bits per heavy atom. The minimum absolute atomic E-state index is 0.0391. The molecule has 1 aromatic rings. The number of aliphatic hydroxyl groups excluding tert-OH is 1. The normalized spacial score (nSPS) is 22.9. The number of anilines is 1. The third-order valence-corrected chi connectivity index (χ3v) is 4.21. The molecule has 1 aliphatic carbocycles. The molecule has 1 heterocycles. The lowest BCUT2D eigenvalue weighted by Gasteiger charge is -2.27. The number of rotatable bonds is 3. The van der Waals surface area contributed by atoms with Crippen molar-refractivity contribution in [2.24, 2.45) is 5.92 Å². The summed E-state index contributed by atoms with van der Waals surface area (Å²) in [6, 6.07) is -0.630. The fourth-order valence-electron chi connectivity index (χ4n) is 2.20. The Bertz CT molecular complexity index is 486. The van der Waals surface area contributed by atoms with Crippen LogP contribution in [0.4, 0.5) is 23.1 Å². The van der Waals surface area contributed by atoms with Crippen LogP contribution in [0.25, 0.3) is 0 Å². The number of halogens is 3. The van der Waals surface area contributed by atoms with Gasteiger partial charge in [-0.2, -0.15) is 13.2 Å². The van der Waals surface area contributed by atoms with Gasteiger partial charge in [0.25, 0.3) is 0 Å². The van der Waals surface area contributed by atoms with Gasteiger partial charge in [-0.15, -0.1) is 10.2 Å². The summed E-state index contributed by atoms with van der Waals surface area (Å²) in [7, 11) is 0. The minimum Gasteiger partial charge on any atom is -0.396 e. The van der Waals surface area contributed by atoms with Crippen molar-refractivity contribution in [2.75, 3.05) is 11.9 Å². The first-order valence-corrected chi connectivity index (χ1v) is 7.29. The van der Waals surface area contributed by atoms with Gasteiger partial charge < -0.3 is 10.4 Å². The van der Waals surface area contributed by atoms with Gasteiger partial charge in [0.2, 0.25) is 10.1 Å². The highest BCUT2D eigenvalue weighted by Gasteiger charge is 2.35. The van der Waals surface area contributed by atoms with Gasteiger partial charge in [0.05, 0.1) is 0 Å². The van der Waals surface area contributed by atoms with Gasteiger partial charge in [0.1, 0.15) is 0 Å². The van der Waals surface area contributed by atoms with Crippen LogP contribution < -0.4 is 10.6 Å². The van der Waals surface area contributed by atoms with E-state index in [9.17, 15) is 18.0 Å². The number of amides is 2. The first-order valence-electron chi connectivity index (χ1n) is 6.47. The molecule has 10 heteroatoms. The van der Waals surface area contributed by atoms with Gasteiger partial charge in [-0.1, -0.05) is 11.3 Å². The molecule has 0 spiro atoms. The highest BCUT2D eigenvalue weighted by Crippen LogP contribution is 2.33. The van der Waals surface area contributed by atoms with Crippen LogP contribution in [0.1, 0.15) is 30.7 Å². The van der Waals surface area contributed by atoms with Crippen LogP contribution in [0.2, 0.25) is 0 Å². The highest BCUT2D eigenvalue weighted by molar-refractivity contribution is 7.15. The van der Waals surface area contributed by atoms with Gasteiger partial charge in [-0.05, 0) is 31.6 Å². The maximum Gasteiger partial charge on any atom is 0.445 e. The van der Waals surface area contributed by atoms with E-state index >= 15 is 0 Å². The summed E-state index contributed by atoms with van der Waals surface area (Å²) in [5, 5.41) is 18.9. The molecule has 3 N–H and O–H groups in total. The molecule has 1 aliphatic rings. The number of aromatic nitrogens is 2. The number of carbonyl (C=O) groups excluding carboxylic acids is 1. The highest BCUT2D eigenvalue weighted by atomic mass is 32.1. The standard InChI is InChI=1S/C11H15F3N4O2S/c12-11(13,14)8-17-18-10(21-8)16-9(20)15-7-3-1-6(5-19)2-4-7/h6-7,19H,1-5H2,(H2,15,16,18,20). The van der Waals surface area contributed by atoms with Crippen molar-refractivity contribution in [3.05, 3.63) is 5.01 Å². The summed E-state index contributed by atoms with van der Waals surface area (Å²) in [5.74, 6) is 0.267. The second-order valence-electron chi connectivity index (χ2n) is 4.91. The van der Waals surface area contributed by atoms with E-state index in [4.69, 9.17) is 5.11 Å². The Hall–Kier alpha value is -1.42. The predicted octanol–water partition coefficient (Wildman–Crippen LogP) is 2.23. The Morgan fingerprint density at radius 3 is 2.48 bits per heavy atom. The average Bonchev–Trinajstić information content (AvgIpc) is 2.88. The van der Waals surface area contributed by atoms with Gasteiger partial charge in [0, 0.05) is 12.6 Å². The second-order valence-corrected chi connectivity index (χ2v) is 5.89. The van der Waals surface area contributed by atoms with Crippen molar-refractivity contribution in [2.45, 2.75) is 37.9 Å². The smallest absolute Gasteiger partial charge is 0.396 e. The van der Waals surface area contributed by atoms with Crippen molar-refractivity contribution in [1.82, 2.24) is 15.5 Å². The third-order valence-electron chi connectivity index (χ3n) is 3.33. The molecule has 0 aliphatic heterocycles. The predicted molar refractivity (Wildman–Crippen MR) is 69.9 cm³/mol. The van der Waals surface area contributed by atoms with E-state index in [1.165, 1.54) is 0 Å². The minimum atomic E-state index is -4.56. The molecule has 1 aromatic heterocycles. The average molecular weight is 324 g/mol. The molecule has 118 valence electrons. The molecule has 0 radical (unpaired) electrons. The molecule has 2 rings (SSSR count). The number of urea groups is 1. The topological polar surface area (TPSA) is 87.1 Å². The molecule has 1 saturated carbocycles. The zero-order chi connectivity index (χ0) is 15.5. The molecule has 21 heavy (non-hydrogen) atoms. The van der Waals surface area contributed by atoms with Crippen molar-refractivity contribution in [3.63, 3.8) is 0 Å². The van der Waals surface area contributed by atoms with E-state index in [1.54, 1.807) is 0 Å². The van der Waals surface area contributed by atoms with Crippen LogP contribution in [0, 0.1) is 5.92 Å². The van der Waals surface area contributed by atoms with Crippen molar-refractivity contribution in [3.8, 4) is 0 Å². The monoisotopic (exact) mass is 324 g/mol. The Morgan fingerprint density at radius 1 is 1.29 bits per heavy atom. The molecule has 0 unspecified atom stereocenters. The first-order chi connectivity index (χ1) is 9.88. The van der Waals surface area contributed by atoms with Crippen LogP contribution in [-0.4, -0.2) is 34.0 Å². The summed E-state index contributed by atoms with van der Waals surface area (Å²) < 4.78 is 37.0. The van der Waals surface area contributed by atoms with Gasteiger partial charge in [-0.25, -0.2) is 4.79 Å². The van der Waals surface area contributed by atoms with E-state index < -0.39 is 17.2 Å². The number of nitrogens with zero attached hydrogens (tertiary/aromatic N) is 2. The fourth-order valence-corrected chi connectivity index (χ4v) is 2.80. The number of hydrogen-bond donors (Lipinski definition) is 3. The van der Waals surface area contributed by atoms with Gasteiger partial charge >= 0.3 is 12.2 Å². The quantitative estimate of drug-likeness (QED) is 0.796. The summed E-state index contributed by atoms with van der Waals surface area (Å²) in [6.07, 6.45) is -1.45. The number of nitrogens with one attached hydrogen (secondary N) is 2. The lowest BCUT2D eigenvalue weighted by Crippen LogP contribution is -2.40. The van der Waals surface area contributed by atoms with Gasteiger partial charge in [0.15, 0.2) is 0 Å². The van der Waals surface area contributed by atoms with Crippen LogP contribution in [0.3, 0.4) is 0 Å². The van der Waals surface area contributed by atoms with Crippen molar-refractivity contribution < 1.29 is 23.1 Å². The summed E-state index contributed by atoms with van der Waals surface area (Å²) in [6.45, 7) is 0.143. The van der Waals surface area contributed by atoms with E-state index in [1.807, 2.05) is 0 Å². The molecule has 0 atom stereocenters. The Balaban J connectivity index is 1.81. The molecule has 6 nitrogen and oxygen atoms in total. The van der Waals surface area contributed by atoms with E-state index in [2.05, 4.69) is 20.8 Å². The van der Waals surface area contributed by atoms with E-state index in [-0.39, 0.29) is 35.0 Å². The summed E-state index contributed by atoms with van der Waals surface area (Å²) >= 11 is 0.282. The lowest BCUT2D eigenvalue weighted by atomic mass is 9.87. The summed E-state index contributed by atoms with van der Waals surface area (Å²) in [4.78, 5) is 11.7. The number of aliphatic hydroxyl groups is 1. The summed E-state index contributed by atoms with van der Waals surface area (Å²) in [5.41, 5.74) is 0. The molecule has 2 amide bonds. The molecule has 0 aromatic carbocycles. The van der Waals surface area contributed by atoms with Crippen molar-refractivity contribution in [1.29, 1.82) is 0 Å². The SMILES string of the molecule is O=C(Nc1nnc(C(F)(F)F)s1)NC1CCC(CO)CC1. The van der Waals surface area contributed by atoms with Crippen LogP contribution in [0.5, 0.6) is 0 Å². The van der Waals surface area contributed by atoms with Crippen LogP contribution >= 0.6 is 11.3 Å². The third kappa shape index (κ3) is 4.53. The molecule has 1 fully saturated rings. The molecule has 0 saturated heterocycles. The molecular formula is C11H15F3N4O2S. The Labute approximate surface area is 122 Å². The largest absolute Gasteiger partial charge is 0.445 e. The Kier molecular flexibility index (Phi) is 4.99. The van der Waals surface area contributed by atoms with E-state index in [0.29, 0.717) is 0 Å². The number of carbonyl (C=O) groups is 1. The van der Waals surface area contributed by atoms with Crippen LogP contribution in [0.15, 0.2) is 0 Å². The maximum atomic E-state index is 12.3. The first kappa shape index (κ1) is 16.0. The second kappa shape index (κ2) is 6.56. The maximum absolute atomic E-state index is 12.3. The number of alkyl halides is 3. The molecular weight excluding hydrogens is 309 g/mol. The van der Waals surface area contributed by atoms with E-state index in [0.717, 1.165) is 25.7 Å². The van der Waals surface area contributed by atoms with Crippen molar-refractivity contribution >= 4 is 22.5 Å².